The fraction of sp³-hybridized carbons (Fsp3) is 0.417. The molecule has 0 radical (unpaired) electrons. The smallest absolute Gasteiger partial charge is 0.329 e. The molecule has 1 fully saturated rings. The second kappa shape index (κ2) is 4.06. The number of carboxylic acids is 1. The molecule has 0 saturated heterocycles. The van der Waals surface area contributed by atoms with Crippen LogP contribution in [0.25, 0.3) is 0 Å². The van der Waals surface area contributed by atoms with E-state index < -0.39 is 11.5 Å². The van der Waals surface area contributed by atoms with Crippen molar-refractivity contribution in [3.63, 3.8) is 0 Å². The highest BCUT2D eigenvalue weighted by atomic mass is 16.4. The molecule has 17 heavy (non-hydrogen) atoms. The molecular weight excluding hydrogens is 218 g/mol. The highest BCUT2D eigenvalue weighted by Crippen LogP contribution is 2.41. The van der Waals surface area contributed by atoms with Crippen LogP contribution in [0.5, 0.6) is 0 Å². The zero-order chi connectivity index (χ0) is 12.5. The number of carbonyl (C=O) groups is 1. The average molecular weight is 231 g/mol. The van der Waals surface area contributed by atoms with Crippen molar-refractivity contribution in [3.8, 4) is 6.07 Å². The Morgan fingerprint density at radius 3 is 2.76 bits per heavy atom. The number of anilines is 1. The van der Waals surface area contributed by atoms with Crippen molar-refractivity contribution in [2.75, 3.05) is 5.32 Å². The van der Waals surface area contributed by atoms with E-state index >= 15 is 0 Å². The molecule has 88 valence electrons. The summed E-state index contributed by atoms with van der Waals surface area (Å²) in [6.07, 6.45) is 3.35. The van der Waals surface area contributed by atoms with Crippen LogP contribution in [0.4, 0.5) is 5.69 Å². The molecule has 0 aromatic carbocycles. The first kappa shape index (κ1) is 11.4. The lowest BCUT2D eigenvalue weighted by atomic mass is 9.95. The Morgan fingerprint density at radius 1 is 1.65 bits per heavy atom. The Kier molecular flexibility index (Phi) is 2.72. The maximum atomic E-state index is 11.3. The molecule has 1 heterocycles. The van der Waals surface area contributed by atoms with E-state index in [-0.39, 0.29) is 5.92 Å². The minimum Gasteiger partial charge on any atom is -0.480 e. The van der Waals surface area contributed by atoms with Crippen LogP contribution in [0, 0.1) is 17.2 Å². The van der Waals surface area contributed by atoms with Crippen molar-refractivity contribution in [2.24, 2.45) is 5.92 Å². The lowest BCUT2D eigenvalue weighted by Crippen LogP contribution is -2.45. The first-order valence-corrected chi connectivity index (χ1v) is 5.44. The minimum absolute atomic E-state index is 0.163. The van der Waals surface area contributed by atoms with Crippen molar-refractivity contribution in [1.29, 1.82) is 5.26 Å². The van der Waals surface area contributed by atoms with Gasteiger partial charge in [0.1, 0.15) is 17.3 Å². The fourth-order valence-electron chi connectivity index (χ4n) is 1.82. The Bertz CT molecular complexity index is 474. The molecule has 0 aliphatic heterocycles. The summed E-state index contributed by atoms with van der Waals surface area (Å²) in [5.41, 5.74) is -0.00431. The number of carboxylic acid groups (broad SMARTS) is 1. The van der Waals surface area contributed by atoms with Crippen LogP contribution in [0.2, 0.25) is 0 Å². The number of hydrogen-bond acceptors (Lipinski definition) is 4. The Labute approximate surface area is 99.1 Å². The van der Waals surface area contributed by atoms with Gasteiger partial charge >= 0.3 is 5.97 Å². The number of nitriles is 1. The summed E-state index contributed by atoms with van der Waals surface area (Å²) in [7, 11) is 0. The monoisotopic (exact) mass is 231 g/mol. The number of rotatable bonds is 4. The maximum absolute atomic E-state index is 11.3. The van der Waals surface area contributed by atoms with Crippen LogP contribution < -0.4 is 5.32 Å². The molecule has 0 amide bonds. The van der Waals surface area contributed by atoms with Crippen molar-refractivity contribution in [3.05, 3.63) is 24.0 Å². The number of nitrogens with one attached hydrogen (secondary N) is 1. The SMILES string of the molecule is CC(Nc1ccc(C#N)nc1)(C(=O)O)C1CC1. The Balaban J connectivity index is 2.18. The van der Waals surface area contributed by atoms with Gasteiger partial charge in [-0.25, -0.2) is 9.78 Å². The van der Waals surface area contributed by atoms with Gasteiger partial charge in [0.05, 0.1) is 11.9 Å². The molecule has 1 atom stereocenters. The molecule has 1 aliphatic rings. The molecule has 5 nitrogen and oxygen atoms in total. The molecule has 2 N–H and O–H groups in total. The summed E-state index contributed by atoms with van der Waals surface area (Å²) in [5, 5.41) is 20.9. The number of hydrogen-bond donors (Lipinski definition) is 2. The van der Waals surface area contributed by atoms with Crippen LogP contribution in [-0.2, 0) is 4.79 Å². The normalized spacial score (nSPS) is 17.9. The largest absolute Gasteiger partial charge is 0.480 e. The van der Waals surface area contributed by atoms with Gasteiger partial charge in [0.25, 0.3) is 0 Å². The van der Waals surface area contributed by atoms with E-state index in [0.717, 1.165) is 12.8 Å². The third kappa shape index (κ3) is 2.21. The summed E-state index contributed by atoms with van der Waals surface area (Å²) in [5.74, 6) is -0.694. The van der Waals surface area contributed by atoms with Crippen LogP contribution in [0.15, 0.2) is 18.3 Å². The molecule has 0 spiro atoms. The van der Waals surface area contributed by atoms with E-state index in [0.29, 0.717) is 11.4 Å². The predicted octanol–water partition coefficient (Wildman–Crippen LogP) is 1.62. The van der Waals surface area contributed by atoms with Crippen molar-refractivity contribution in [1.82, 2.24) is 4.98 Å². The number of aromatic nitrogens is 1. The molecule has 1 aliphatic carbocycles. The van der Waals surface area contributed by atoms with Crippen LogP contribution in [0.3, 0.4) is 0 Å². The molecule has 1 aromatic rings. The number of pyridine rings is 1. The second-order valence-corrected chi connectivity index (χ2v) is 4.45. The number of nitrogens with zero attached hydrogens (tertiary/aromatic N) is 2. The van der Waals surface area contributed by atoms with Gasteiger partial charge in [0, 0.05) is 0 Å². The topological polar surface area (TPSA) is 86.0 Å². The molecular formula is C12H13N3O2. The van der Waals surface area contributed by atoms with Gasteiger partial charge in [-0.05, 0) is 37.8 Å². The summed E-state index contributed by atoms with van der Waals surface area (Å²) in [6, 6.07) is 5.16. The second-order valence-electron chi connectivity index (χ2n) is 4.45. The fourth-order valence-corrected chi connectivity index (χ4v) is 1.82. The standard InChI is InChI=1S/C12H13N3O2/c1-12(11(16)17,8-2-3-8)15-10-5-4-9(6-13)14-7-10/h4-5,7-8,15H,2-3H2,1H3,(H,16,17). The molecule has 1 saturated carbocycles. The highest BCUT2D eigenvalue weighted by Gasteiger charge is 2.47. The number of aliphatic carboxylic acids is 1. The van der Waals surface area contributed by atoms with Crippen molar-refractivity contribution < 1.29 is 9.90 Å². The average Bonchev–Trinajstić information content (AvgIpc) is 3.13. The van der Waals surface area contributed by atoms with Crippen LogP contribution in [0.1, 0.15) is 25.5 Å². The Morgan fingerprint density at radius 2 is 2.35 bits per heavy atom. The van der Waals surface area contributed by atoms with Gasteiger partial charge in [0.15, 0.2) is 0 Å². The third-order valence-electron chi connectivity index (χ3n) is 3.12. The molecule has 1 unspecified atom stereocenters. The molecule has 2 rings (SSSR count). The van der Waals surface area contributed by atoms with E-state index in [1.165, 1.54) is 6.20 Å². The first-order chi connectivity index (χ1) is 8.06. The van der Waals surface area contributed by atoms with Crippen molar-refractivity contribution >= 4 is 11.7 Å². The summed E-state index contributed by atoms with van der Waals surface area (Å²) in [6.45, 7) is 1.69. The van der Waals surface area contributed by atoms with E-state index in [2.05, 4.69) is 10.3 Å². The highest BCUT2D eigenvalue weighted by molar-refractivity contribution is 5.83. The van der Waals surface area contributed by atoms with E-state index in [1.54, 1.807) is 19.1 Å². The van der Waals surface area contributed by atoms with E-state index in [9.17, 15) is 9.90 Å². The quantitative estimate of drug-likeness (QED) is 0.822. The zero-order valence-electron chi connectivity index (χ0n) is 9.47. The van der Waals surface area contributed by atoms with Gasteiger partial charge in [-0.15, -0.1) is 0 Å². The Hall–Kier alpha value is -2.09. The van der Waals surface area contributed by atoms with Gasteiger partial charge in [-0.3, -0.25) is 0 Å². The molecule has 1 aromatic heterocycles. The zero-order valence-corrected chi connectivity index (χ0v) is 9.47. The molecule has 0 bridgehead atoms. The lowest BCUT2D eigenvalue weighted by molar-refractivity contribution is -0.142. The first-order valence-electron chi connectivity index (χ1n) is 5.44. The summed E-state index contributed by atoms with van der Waals surface area (Å²) < 4.78 is 0. The molecule has 5 heteroatoms. The summed E-state index contributed by atoms with van der Waals surface area (Å²) >= 11 is 0. The van der Waals surface area contributed by atoms with Crippen LogP contribution >= 0.6 is 0 Å². The lowest BCUT2D eigenvalue weighted by Gasteiger charge is -2.27. The third-order valence-corrected chi connectivity index (χ3v) is 3.12. The maximum Gasteiger partial charge on any atom is 0.329 e. The van der Waals surface area contributed by atoms with Gasteiger partial charge in [0.2, 0.25) is 0 Å². The van der Waals surface area contributed by atoms with Gasteiger partial charge in [-0.1, -0.05) is 0 Å². The van der Waals surface area contributed by atoms with E-state index in [1.807, 2.05) is 6.07 Å². The van der Waals surface area contributed by atoms with Gasteiger partial charge in [-0.2, -0.15) is 5.26 Å². The predicted molar refractivity (Wildman–Crippen MR) is 61.3 cm³/mol. The summed E-state index contributed by atoms with van der Waals surface area (Å²) in [4.78, 5) is 15.2. The van der Waals surface area contributed by atoms with E-state index in [4.69, 9.17) is 5.26 Å². The van der Waals surface area contributed by atoms with Gasteiger partial charge < -0.3 is 10.4 Å². The van der Waals surface area contributed by atoms with Crippen LogP contribution in [-0.4, -0.2) is 21.6 Å². The minimum atomic E-state index is -0.949. The van der Waals surface area contributed by atoms with Crippen molar-refractivity contribution in [2.45, 2.75) is 25.3 Å².